The third-order valence-electron chi connectivity index (χ3n) is 4.00. The van der Waals surface area contributed by atoms with Crippen molar-refractivity contribution in [2.75, 3.05) is 6.26 Å². The van der Waals surface area contributed by atoms with E-state index in [2.05, 4.69) is 5.32 Å². The molecule has 0 saturated heterocycles. The molecule has 0 radical (unpaired) electrons. The first-order chi connectivity index (χ1) is 10.1. The summed E-state index contributed by atoms with van der Waals surface area (Å²) in [6, 6.07) is 7.36. The summed E-state index contributed by atoms with van der Waals surface area (Å²) in [5.74, 6) is -0.314. The molecule has 0 aliphatic heterocycles. The Labute approximate surface area is 129 Å². The zero-order chi connectivity index (χ0) is 15.3. The molecule has 21 heavy (non-hydrogen) atoms. The van der Waals surface area contributed by atoms with E-state index in [1.807, 2.05) is 18.4 Å². The van der Waals surface area contributed by atoms with Gasteiger partial charge >= 0.3 is 5.97 Å². The molecule has 1 amide bonds. The highest BCUT2D eigenvalue weighted by atomic mass is 32.2. The molecule has 0 atom stereocenters. The fourth-order valence-corrected chi connectivity index (χ4v) is 3.28. The van der Waals surface area contributed by atoms with E-state index < -0.39 is 11.5 Å². The highest BCUT2D eigenvalue weighted by Gasteiger charge is 2.41. The van der Waals surface area contributed by atoms with Crippen LogP contribution < -0.4 is 5.32 Å². The van der Waals surface area contributed by atoms with Gasteiger partial charge in [-0.2, -0.15) is 11.8 Å². The molecule has 1 aromatic rings. The lowest BCUT2D eigenvalue weighted by molar-refractivity contribution is -0.145. The predicted octanol–water partition coefficient (Wildman–Crippen LogP) is 3.07. The highest BCUT2D eigenvalue weighted by molar-refractivity contribution is 7.97. The molecule has 1 fully saturated rings. The maximum absolute atomic E-state index is 12.3. The Bertz CT molecular complexity index is 507. The standard InChI is InChI=1S/C16H21NO3S/c1-21-11-12-5-7-13(8-6-12)14(18)17-16(15(19)20)9-3-2-4-10-16/h5-8H,2-4,9-11H2,1H3,(H,17,18)(H,19,20). The lowest BCUT2D eigenvalue weighted by Gasteiger charge is -2.34. The third-order valence-corrected chi connectivity index (χ3v) is 4.62. The lowest BCUT2D eigenvalue weighted by atomic mass is 9.81. The maximum atomic E-state index is 12.3. The average molecular weight is 307 g/mol. The van der Waals surface area contributed by atoms with Crippen molar-refractivity contribution in [3.63, 3.8) is 0 Å². The SMILES string of the molecule is CSCc1ccc(C(=O)NC2(C(=O)O)CCCCC2)cc1. The highest BCUT2D eigenvalue weighted by Crippen LogP contribution is 2.29. The van der Waals surface area contributed by atoms with Crippen LogP contribution in [-0.2, 0) is 10.5 Å². The van der Waals surface area contributed by atoms with Gasteiger partial charge in [0.1, 0.15) is 5.54 Å². The van der Waals surface area contributed by atoms with Gasteiger partial charge in [0.15, 0.2) is 0 Å². The number of hydrogen-bond acceptors (Lipinski definition) is 3. The molecule has 2 N–H and O–H groups in total. The smallest absolute Gasteiger partial charge is 0.329 e. The van der Waals surface area contributed by atoms with E-state index >= 15 is 0 Å². The molecular weight excluding hydrogens is 286 g/mol. The van der Waals surface area contributed by atoms with E-state index in [1.54, 1.807) is 23.9 Å². The number of amides is 1. The first-order valence-electron chi connectivity index (χ1n) is 7.21. The van der Waals surface area contributed by atoms with E-state index in [0.717, 1.165) is 30.6 Å². The first kappa shape index (κ1) is 15.9. The number of carbonyl (C=O) groups excluding carboxylic acids is 1. The van der Waals surface area contributed by atoms with Gasteiger partial charge in [-0.05, 0) is 36.8 Å². The van der Waals surface area contributed by atoms with Crippen LogP contribution in [-0.4, -0.2) is 28.8 Å². The van der Waals surface area contributed by atoms with Crippen molar-refractivity contribution in [2.24, 2.45) is 0 Å². The normalized spacial score (nSPS) is 17.2. The molecule has 114 valence electrons. The molecule has 1 aromatic carbocycles. The molecule has 4 nitrogen and oxygen atoms in total. The van der Waals surface area contributed by atoms with Crippen LogP contribution in [0.2, 0.25) is 0 Å². The second-order valence-corrected chi connectivity index (χ2v) is 6.40. The minimum absolute atomic E-state index is 0.296. The predicted molar refractivity (Wildman–Crippen MR) is 84.6 cm³/mol. The van der Waals surface area contributed by atoms with Gasteiger partial charge in [0.25, 0.3) is 5.91 Å². The molecule has 1 aliphatic rings. The van der Waals surface area contributed by atoms with Crippen molar-refractivity contribution in [3.05, 3.63) is 35.4 Å². The van der Waals surface area contributed by atoms with E-state index in [1.165, 1.54) is 0 Å². The zero-order valence-corrected chi connectivity index (χ0v) is 13.0. The lowest BCUT2D eigenvalue weighted by Crippen LogP contribution is -2.55. The van der Waals surface area contributed by atoms with E-state index in [4.69, 9.17) is 0 Å². The Morgan fingerprint density at radius 1 is 1.19 bits per heavy atom. The van der Waals surface area contributed by atoms with Gasteiger partial charge in [0.2, 0.25) is 0 Å². The summed E-state index contributed by atoms with van der Waals surface area (Å²) >= 11 is 1.72. The number of carboxylic acids is 1. The zero-order valence-electron chi connectivity index (χ0n) is 12.2. The summed E-state index contributed by atoms with van der Waals surface area (Å²) in [6.45, 7) is 0. The second kappa shape index (κ2) is 6.98. The fraction of sp³-hybridized carbons (Fsp3) is 0.500. The molecule has 1 aliphatic carbocycles. The average Bonchev–Trinajstić information content (AvgIpc) is 2.49. The largest absolute Gasteiger partial charge is 0.480 e. The van der Waals surface area contributed by atoms with Crippen LogP contribution in [0, 0.1) is 0 Å². The van der Waals surface area contributed by atoms with Crippen LogP contribution in [0.1, 0.15) is 48.0 Å². The summed E-state index contributed by atoms with van der Waals surface area (Å²) in [6.07, 6.45) is 5.78. The summed E-state index contributed by atoms with van der Waals surface area (Å²) in [7, 11) is 0. The van der Waals surface area contributed by atoms with Gasteiger partial charge in [-0.25, -0.2) is 4.79 Å². The number of nitrogens with one attached hydrogen (secondary N) is 1. The van der Waals surface area contributed by atoms with Gasteiger partial charge in [-0.15, -0.1) is 0 Å². The minimum Gasteiger partial charge on any atom is -0.480 e. The Hall–Kier alpha value is -1.49. The van der Waals surface area contributed by atoms with Crippen molar-refractivity contribution < 1.29 is 14.7 Å². The second-order valence-electron chi connectivity index (χ2n) is 5.53. The molecule has 0 bridgehead atoms. The van der Waals surface area contributed by atoms with Crippen molar-refractivity contribution in [1.29, 1.82) is 0 Å². The summed E-state index contributed by atoms with van der Waals surface area (Å²) in [4.78, 5) is 23.9. The van der Waals surface area contributed by atoms with E-state index in [0.29, 0.717) is 18.4 Å². The molecule has 0 spiro atoms. The fourth-order valence-electron chi connectivity index (χ4n) is 2.76. The maximum Gasteiger partial charge on any atom is 0.329 e. The summed E-state index contributed by atoms with van der Waals surface area (Å²) < 4.78 is 0. The molecule has 0 aromatic heterocycles. The van der Waals surface area contributed by atoms with Crippen LogP contribution >= 0.6 is 11.8 Å². The van der Waals surface area contributed by atoms with Crippen molar-refractivity contribution in [2.45, 2.75) is 43.4 Å². The quantitative estimate of drug-likeness (QED) is 0.877. The van der Waals surface area contributed by atoms with Gasteiger partial charge in [-0.3, -0.25) is 4.79 Å². The number of carboxylic acid groups (broad SMARTS) is 1. The molecule has 5 heteroatoms. The van der Waals surface area contributed by atoms with Gasteiger partial charge in [-0.1, -0.05) is 31.4 Å². The van der Waals surface area contributed by atoms with Crippen LogP contribution in [0.15, 0.2) is 24.3 Å². The number of rotatable bonds is 5. The first-order valence-corrected chi connectivity index (χ1v) is 8.60. The van der Waals surface area contributed by atoms with Crippen LogP contribution in [0.25, 0.3) is 0 Å². The summed E-state index contributed by atoms with van der Waals surface area (Å²) in [5.41, 5.74) is 0.587. The van der Waals surface area contributed by atoms with E-state index in [9.17, 15) is 14.7 Å². The van der Waals surface area contributed by atoms with Gasteiger partial charge in [0.05, 0.1) is 0 Å². The van der Waals surface area contributed by atoms with Crippen LogP contribution in [0.3, 0.4) is 0 Å². The Morgan fingerprint density at radius 2 is 1.81 bits per heavy atom. The molecule has 0 heterocycles. The monoisotopic (exact) mass is 307 g/mol. The van der Waals surface area contributed by atoms with Crippen molar-refractivity contribution in [1.82, 2.24) is 5.32 Å². The van der Waals surface area contributed by atoms with Crippen LogP contribution in [0.4, 0.5) is 0 Å². The summed E-state index contributed by atoms with van der Waals surface area (Å²) in [5, 5.41) is 12.2. The Kier molecular flexibility index (Phi) is 5.28. The van der Waals surface area contributed by atoms with E-state index in [-0.39, 0.29) is 5.91 Å². The molecular formula is C16H21NO3S. The van der Waals surface area contributed by atoms with Gasteiger partial charge in [0, 0.05) is 11.3 Å². The number of hydrogen-bond donors (Lipinski definition) is 2. The number of carbonyl (C=O) groups is 2. The van der Waals surface area contributed by atoms with Crippen molar-refractivity contribution >= 4 is 23.6 Å². The number of aliphatic carboxylic acids is 1. The Morgan fingerprint density at radius 3 is 2.33 bits per heavy atom. The molecule has 0 unspecified atom stereocenters. The van der Waals surface area contributed by atoms with Crippen molar-refractivity contribution in [3.8, 4) is 0 Å². The van der Waals surface area contributed by atoms with Gasteiger partial charge < -0.3 is 10.4 Å². The third kappa shape index (κ3) is 3.79. The minimum atomic E-state index is -1.09. The molecule has 2 rings (SSSR count). The molecule has 1 saturated carbocycles. The Balaban J connectivity index is 2.10. The van der Waals surface area contributed by atoms with Crippen LogP contribution in [0.5, 0.6) is 0 Å². The topological polar surface area (TPSA) is 66.4 Å². The number of thioether (sulfide) groups is 1. The number of benzene rings is 1.